The van der Waals surface area contributed by atoms with Crippen LogP contribution in [0.15, 0.2) is 18.6 Å². The molecule has 0 radical (unpaired) electrons. The zero-order valence-corrected chi connectivity index (χ0v) is 16.6. The number of aromatic nitrogens is 4. The number of hydrogen-bond acceptors (Lipinski definition) is 7. The van der Waals surface area contributed by atoms with Crippen LogP contribution in [0, 0.1) is 0 Å². The Balaban J connectivity index is 1.34. The number of anilines is 3. The highest BCUT2D eigenvalue weighted by Gasteiger charge is 2.29. The molecule has 2 aromatic heterocycles. The molecule has 9 nitrogen and oxygen atoms in total. The number of carbonyl (C=O) groups is 1. The van der Waals surface area contributed by atoms with E-state index >= 15 is 0 Å². The first-order valence-corrected chi connectivity index (χ1v) is 10.00. The second kappa shape index (κ2) is 8.32. The van der Waals surface area contributed by atoms with Gasteiger partial charge >= 0.3 is 0 Å². The minimum atomic E-state index is 0.123. The minimum absolute atomic E-state index is 0.123. The van der Waals surface area contributed by atoms with Gasteiger partial charge in [0.05, 0.1) is 24.6 Å². The Labute approximate surface area is 168 Å². The van der Waals surface area contributed by atoms with E-state index in [4.69, 9.17) is 11.6 Å². The molecule has 4 rings (SSSR count). The highest BCUT2D eigenvalue weighted by atomic mass is 35.5. The molecular weight excluding hydrogens is 380 g/mol. The number of amides is 1. The number of hydrogen-bond donors (Lipinski definition) is 3. The number of rotatable bonds is 8. The van der Waals surface area contributed by atoms with Crippen molar-refractivity contribution in [2.45, 2.75) is 37.8 Å². The van der Waals surface area contributed by atoms with Crippen LogP contribution in [0.2, 0.25) is 5.02 Å². The Hall–Kier alpha value is -2.39. The molecule has 2 fully saturated rings. The second-order valence-corrected chi connectivity index (χ2v) is 7.81. The quantitative estimate of drug-likeness (QED) is 0.616. The zero-order valence-electron chi connectivity index (χ0n) is 15.9. The average Bonchev–Trinajstić information content (AvgIpc) is 3.21. The van der Waals surface area contributed by atoms with E-state index in [1.54, 1.807) is 17.1 Å². The van der Waals surface area contributed by atoms with Crippen molar-refractivity contribution in [1.29, 1.82) is 0 Å². The minimum Gasteiger partial charge on any atom is -0.367 e. The summed E-state index contributed by atoms with van der Waals surface area (Å²) in [6, 6.07) is 0.683. The maximum atomic E-state index is 12.1. The Morgan fingerprint density at radius 1 is 1.32 bits per heavy atom. The molecule has 0 bridgehead atoms. The van der Waals surface area contributed by atoms with Crippen LogP contribution in [0.1, 0.15) is 25.7 Å². The van der Waals surface area contributed by atoms with Crippen molar-refractivity contribution in [3.8, 4) is 0 Å². The third-order valence-corrected chi connectivity index (χ3v) is 5.28. The van der Waals surface area contributed by atoms with Gasteiger partial charge in [-0.3, -0.25) is 14.4 Å². The van der Waals surface area contributed by atoms with Crippen LogP contribution in [0.25, 0.3) is 0 Å². The van der Waals surface area contributed by atoms with Crippen LogP contribution in [-0.4, -0.2) is 62.3 Å². The predicted octanol–water partition coefficient (Wildman–Crippen LogP) is 1.76. The van der Waals surface area contributed by atoms with E-state index in [9.17, 15) is 4.79 Å². The molecule has 1 atom stereocenters. The molecule has 150 valence electrons. The molecule has 2 aliphatic rings. The van der Waals surface area contributed by atoms with E-state index in [-0.39, 0.29) is 11.9 Å². The molecule has 1 aliphatic carbocycles. The van der Waals surface area contributed by atoms with Crippen LogP contribution in [0.5, 0.6) is 0 Å². The van der Waals surface area contributed by atoms with Gasteiger partial charge in [-0.15, -0.1) is 0 Å². The van der Waals surface area contributed by atoms with Gasteiger partial charge in [0.1, 0.15) is 5.02 Å². The number of likely N-dealkylation sites (tertiary alicyclic amines) is 1. The summed E-state index contributed by atoms with van der Waals surface area (Å²) < 4.78 is 1.70. The van der Waals surface area contributed by atoms with Crippen molar-refractivity contribution >= 4 is 35.0 Å². The van der Waals surface area contributed by atoms with Crippen molar-refractivity contribution in [1.82, 2.24) is 30.0 Å². The van der Waals surface area contributed by atoms with Gasteiger partial charge in [-0.25, -0.2) is 4.98 Å². The Morgan fingerprint density at radius 3 is 2.93 bits per heavy atom. The highest BCUT2D eigenvalue weighted by Crippen LogP contribution is 2.23. The van der Waals surface area contributed by atoms with Crippen molar-refractivity contribution in [2.75, 3.05) is 30.3 Å². The summed E-state index contributed by atoms with van der Waals surface area (Å²) in [4.78, 5) is 23.0. The van der Waals surface area contributed by atoms with Crippen LogP contribution in [0.3, 0.4) is 0 Å². The van der Waals surface area contributed by atoms with Gasteiger partial charge in [0.25, 0.3) is 0 Å². The standard InChI is InChI=1S/C18H25ClN8O/c1-26-10-13(7-22-26)24-18-21-9-15(19)17(25-18)20-8-14-3-2-6-27(14)11-16(28)23-12-4-5-12/h7,9-10,12,14H,2-6,8,11H2,1H3,(H,23,28)(H2,20,21,24,25). The monoisotopic (exact) mass is 404 g/mol. The maximum Gasteiger partial charge on any atom is 0.234 e. The van der Waals surface area contributed by atoms with Gasteiger partial charge < -0.3 is 16.0 Å². The molecule has 0 spiro atoms. The van der Waals surface area contributed by atoms with E-state index < -0.39 is 0 Å². The molecule has 28 heavy (non-hydrogen) atoms. The van der Waals surface area contributed by atoms with Crippen molar-refractivity contribution in [3.63, 3.8) is 0 Å². The summed E-state index contributed by atoms with van der Waals surface area (Å²) in [5.41, 5.74) is 0.805. The Kier molecular flexibility index (Phi) is 5.63. The van der Waals surface area contributed by atoms with Gasteiger partial charge in [0.15, 0.2) is 5.82 Å². The molecule has 10 heteroatoms. The van der Waals surface area contributed by atoms with Crippen LogP contribution in [0.4, 0.5) is 17.5 Å². The molecular formula is C18H25ClN8O. The summed E-state index contributed by atoms with van der Waals surface area (Å²) in [7, 11) is 1.85. The number of carbonyl (C=O) groups excluding carboxylic acids is 1. The number of nitrogens with zero attached hydrogens (tertiary/aromatic N) is 5. The lowest BCUT2D eigenvalue weighted by Gasteiger charge is -2.24. The largest absolute Gasteiger partial charge is 0.367 e. The summed E-state index contributed by atoms with van der Waals surface area (Å²) in [6.07, 6.45) is 9.48. The van der Waals surface area contributed by atoms with Crippen LogP contribution >= 0.6 is 11.6 Å². The lowest BCUT2D eigenvalue weighted by molar-refractivity contribution is -0.122. The van der Waals surface area contributed by atoms with Gasteiger partial charge in [-0.1, -0.05) is 11.6 Å². The van der Waals surface area contributed by atoms with Crippen LogP contribution < -0.4 is 16.0 Å². The number of aryl methyl sites for hydroxylation is 1. The molecule has 3 heterocycles. The van der Waals surface area contributed by atoms with E-state index in [1.807, 2.05) is 13.2 Å². The van der Waals surface area contributed by atoms with Gasteiger partial charge in [-0.2, -0.15) is 10.1 Å². The number of nitrogens with one attached hydrogen (secondary N) is 3. The molecule has 1 aliphatic heterocycles. The fourth-order valence-electron chi connectivity index (χ4n) is 3.40. The summed E-state index contributed by atoms with van der Waals surface area (Å²) in [5.74, 6) is 1.15. The van der Waals surface area contributed by atoms with Gasteiger partial charge in [-0.05, 0) is 32.2 Å². The summed E-state index contributed by atoms with van der Waals surface area (Å²) in [6.45, 7) is 2.07. The smallest absolute Gasteiger partial charge is 0.234 e. The molecule has 1 saturated carbocycles. The fourth-order valence-corrected chi connectivity index (χ4v) is 3.56. The second-order valence-electron chi connectivity index (χ2n) is 7.41. The lowest BCUT2D eigenvalue weighted by atomic mass is 10.2. The summed E-state index contributed by atoms with van der Waals surface area (Å²) >= 11 is 6.26. The van der Waals surface area contributed by atoms with Gasteiger partial charge in [0.2, 0.25) is 11.9 Å². The lowest BCUT2D eigenvalue weighted by Crippen LogP contribution is -2.42. The van der Waals surface area contributed by atoms with E-state index in [0.29, 0.717) is 35.9 Å². The molecule has 1 amide bonds. The third kappa shape index (κ3) is 4.90. The molecule has 1 saturated heterocycles. The SMILES string of the molecule is Cn1cc(Nc2ncc(Cl)c(NCC3CCCN3CC(=O)NC3CC3)n2)cn1. The molecule has 1 unspecified atom stereocenters. The topological polar surface area (TPSA) is 100 Å². The molecule has 0 aromatic carbocycles. The first-order chi connectivity index (χ1) is 13.6. The predicted molar refractivity (Wildman–Crippen MR) is 108 cm³/mol. The maximum absolute atomic E-state index is 12.1. The zero-order chi connectivity index (χ0) is 19.5. The average molecular weight is 405 g/mol. The van der Waals surface area contributed by atoms with E-state index in [1.165, 1.54) is 0 Å². The molecule has 3 N–H and O–H groups in total. The van der Waals surface area contributed by atoms with E-state index in [2.05, 4.69) is 35.9 Å². The van der Waals surface area contributed by atoms with Crippen molar-refractivity contribution < 1.29 is 4.79 Å². The van der Waals surface area contributed by atoms with Gasteiger partial charge in [0, 0.05) is 31.9 Å². The normalized spacial score (nSPS) is 19.6. The summed E-state index contributed by atoms with van der Waals surface area (Å²) in [5, 5.41) is 14.1. The first-order valence-electron chi connectivity index (χ1n) is 9.62. The number of halogens is 1. The molecule has 2 aromatic rings. The Bertz CT molecular complexity index is 837. The van der Waals surface area contributed by atoms with Crippen molar-refractivity contribution in [3.05, 3.63) is 23.6 Å². The van der Waals surface area contributed by atoms with E-state index in [0.717, 1.165) is 37.9 Å². The third-order valence-electron chi connectivity index (χ3n) is 5.00. The van der Waals surface area contributed by atoms with Crippen LogP contribution in [-0.2, 0) is 11.8 Å². The highest BCUT2D eigenvalue weighted by molar-refractivity contribution is 6.32. The fraction of sp³-hybridized carbons (Fsp3) is 0.556. The van der Waals surface area contributed by atoms with Crippen molar-refractivity contribution in [2.24, 2.45) is 7.05 Å². The Morgan fingerprint density at radius 2 is 2.18 bits per heavy atom. The first kappa shape index (κ1) is 18.9.